The van der Waals surface area contributed by atoms with E-state index in [1.807, 2.05) is 0 Å². The highest BCUT2D eigenvalue weighted by atomic mass is 16.8. The van der Waals surface area contributed by atoms with Crippen LogP contribution in [0.5, 0.6) is 0 Å². The van der Waals surface area contributed by atoms with Crippen molar-refractivity contribution >= 4 is 5.97 Å². The van der Waals surface area contributed by atoms with Crippen molar-refractivity contribution < 1.29 is 54.0 Å². The predicted molar refractivity (Wildman–Crippen MR) is 109 cm³/mol. The Balaban J connectivity index is 1.32. The number of esters is 1. The Bertz CT molecular complexity index is 988. The highest BCUT2D eigenvalue weighted by molar-refractivity contribution is 5.89. The van der Waals surface area contributed by atoms with Crippen LogP contribution in [0.2, 0.25) is 0 Å². The summed E-state index contributed by atoms with van der Waals surface area (Å²) in [4.78, 5) is 12.7. The minimum Gasteiger partial charge on any atom is -0.461 e. The van der Waals surface area contributed by atoms with Crippen molar-refractivity contribution in [2.45, 2.75) is 73.8 Å². The molecule has 5 N–H and O–H groups in total. The first-order valence-electron chi connectivity index (χ1n) is 11.4. The molecule has 4 saturated heterocycles. The maximum Gasteiger partial charge on any atom is 0.338 e. The minimum absolute atomic E-state index is 0.0902. The van der Waals surface area contributed by atoms with Gasteiger partial charge >= 0.3 is 5.97 Å². The van der Waals surface area contributed by atoms with Gasteiger partial charge in [0, 0.05) is 12.3 Å². The summed E-state index contributed by atoms with van der Waals surface area (Å²) in [5.74, 6) is -2.49. The maximum absolute atomic E-state index is 12.7. The molecule has 11 atom stereocenters. The Morgan fingerprint density at radius 1 is 1.12 bits per heavy atom. The van der Waals surface area contributed by atoms with Crippen LogP contribution in [0.3, 0.4) is 0 Å². The molecule has 34 heavy (non-hydrogen) atoms. The second-order valence-corrected chi connectivity index (χ2v) is 10.2. The summed E-state index contributed by atoms with van der Waals surface area (Å²) in [6.45, 7) is 0.985. The van der Waals surface area contributed by atoms with E-state index in [2.05, 4.69) is 0 Å². The molecule has 0 spiro atoms. The fourth-order valence-corrected chi connectivity index (χ4v) is 6.87. The third-order valence-corrected chi connectivity index (χ3v) is 8.57. The van der Waals surface area contributed by atoms with E-state index in [1.165, 1.54) is 0 Å². The van der Waals surface area contributed by atoms with E-state index in [-0.39, 0.29) is 19.4 Å². The van der Waals surface area contributed by atoms with Crippen molar-refractivity contribution in [2.24, 2.45) is 11.3 Å². The molecule has 3 saturated carbocycles. The quantitative estimate of drug-likeness (QED) is 0.306. The van der Waals surface area contributed by atoms with Crippen LogP contribution in [0, 0.1) is 11.3 Å². The second kappa shape index (κ2) is 7.19. The predicted octanol–water partition coefficient (Wildman–Crippen LogP) is -1.36. The van der Waals surface area contributed by atoms with Gasteiger partial charge < -0.3 is 49.2 Å². The number of benzene rings is 1. The van der Waals surface area contributed by atoms with Gasteiger partial charge in [0.05, 0.1) is 17.6 Å². The molecule has 11 nitrogen and oxygen atoms in total. The summed E-state index contributed by atoms with van der Waals surface area (Å²) in [6, 6.07) is 8.47. The van der Waals surface area contributed by atoms with E-state index in [9.17, 15) is 30.3 Å². The molecule has 186 valence electrons. The van der Waals surface area contributed by atoms with E-state index in [0.29, 0.717) is 5.56 Å². The van der Waals surface area contributed by atoms with Gasteiger partial charge in [-0.15, -0.1) is 0 Å². The fraction of sp³-hybridized carbons (Fsp3) is 0.696. The van der Waals surface area contributed by atoms with Crippen LogP contribution in [0.25, 0.3) is 0 Å². The molecular weight excluding hydrogens is 452 g/mol. The molecule has 1 aromatic carbocycles. The zero-order valence-electron chi connectivity index (χ0n) is 18.4. The van der Waals surface area contributed by atoms with Gasteiger partial charge in [0.2, 0.25) is 0 Å². The van der Waals surface area contributed by atoms with Crippen molar-refractivity contribution in [2.75, 3.05) is 13.2 Å². The molecule has 0 unspecified atom stereocenters. The summed E-state index contributed by atoms with van der Waals surface area (Å²) in [7, 11) is 0. The molecule has 3 aliphatic carbocycles. The number of rotatable bonds is 6. The van der Waals surface area contributed by atoms with E-state index >= 15 is 0 Å². The lowest BCUT2D eigenvalue weighted by Gasteiger charge is -2.67. The average Bonchev–Trinajstić information content (AvgIpc) is 3.00. The second-order valence-electron chi connectivity index (χ2n) is 10.2. The van der Waals surface area contributed by atoms with Crippen molar-refractivity contribution in [3.8, 4) is 0 Å². The van der Waals surface area contributed by atoms with Gasteiger partial charge in [-0.3, -0.25) is 0 Å². The zero-order valence-corrected chi connectivity index (χ0v) is 18.4. The molecule has 7 fully saturated rings. The molecule has 4 aliphatic heterocycles. The third-order valence-electron chi connectivity index (χ3n) is 8.57. The summed E-state index contributed by atoms with van der Waals surface area (Å²) in [5.41, 5.74) is -2.99. The Morgan fingerprint density at radius 3 is 2.56 bits per heavy atom. The number of aliphatic hydroxyl groups excluding tert-OH is 4. The Morgan fingerprint density at radius 2 is 1.85 bits per heavy atom. The van der Waals surface area contributed by atoms with Crippen LogP contribution < -0.4 is 0 Å². The van der Waals surface area contributed by atoms with Crippen molar-refractivity contribution in [1.82, 2.24) is 0 Å². The minimum atomic E-state index is -1.61. The summed E-state index contributed by atoms with van der Waals surface area (Å²) in [5, 5.41) is 51.7. The maximum atomic E-state index is 12.7. The molecule has 11 heteroatoms. The number of ether oxygens (including phenoxy) is 5. The average molecular weight is 480 g/mol. The number of aliphatic hydroxyl groups is 5. The van der Waals surface area contributed by atoms with E-state index in [0.717, 1.165) is 0 Å². The monoisotopic (exact) mass is 480 g/mol. The molecule has 8 rings (SSSR count). The lowest BCUT2D eigenvalue weighted by molar-refractivity contribution is -0.424. The van der Waals surface area contributed by atoms with Crippen LogP contribution >= 0.6 is 0 Å². The van der Waals surface area contributed by atoms with Gasteiger partial charge in [0.25, 0.3) is 0 Å². The number of hydrogen-bond acceptors (Lipinski definition) is 11. The molecule has 7 aliphatic rings. The normalized spacial score (nSPS) is 52.5. The number of carbonyl (C=O) groups excluding carboxylic acids is 1. The number of hydrogen-bond donors (Lipinski definition) is 5. The van der Waals surface area contributed by atoms with Crippen molar-refractivity contribution in [1.29, 1.82) is 0 Å². The highest BCUT2D eigenvalue weighted by Gasteiger charge is 2.94. The molecule has 0 aromatic heterocycles. The van der Waals surface area contributed by atoms with Crippen LogP contribution in [0.1, 0.15) is 30.1 Å². The molecule has 0 amide bonds. The van der Waals surface area contributed by atoms with E-state index in [1.54, 1.807) is 37.3 Å². The number of carbonyl (C=O) groups is 1. The lowest BCUT2D eigenvalue weighted by Crippen LogP contribution is -2.80. The fourth-order valence-electron chi connectivity index (χ4n) is 6.87. The molecular formula is C23H28O11. The van der Waals surface area contributed by atoms with Crippen LogP contribution in [0.15, 0.2) is 30.3 Å². The largest absolute Gasteiger partial charge is 0.461 e. The first-order chi connectivity index (χ1) is 16.1. The summed E-state index contributed by atoms with van der Waals surface area (Å²) in [6.07, 6.45) is -7.87. The van der Waals surface area contributed by atoms with Gasteiger partial charge in [0.15, 0.2) is 18.4 Å². The van der Waals surface area contributed by atoms with Gasteiger partial charge in [-0.2, -0.15) is 0 Å². The topological polar surface area (TPSA) is 164 Å². The van der Waals surface area contributed by atoms with Crippen molar-refractivity contribution in [3.63, 3.8) is 0 Å². The standard InChI is InChI=1S/C23H28O11/c1-20-9-22(29)13-7-23(20,32-18-16(27)15(26)14(25)12(8-24)31-18)21(13,19(33-20)34-22)10-30-17(28)11-5-3-2-4-6-11/h2-6,12-16,18-19,24-27,29H,7-10H2,1H3/t12-,13-,14-,15+,16-,18+,19+,20-,21+,22-,23+/m1/s1. The Hall–Kier alpha value is -1.67. The first kappa shape index (κ1) is 22.8. The van der Waals surface area contributed by atoms with Gasteiger partial charge in [-0.1, -0.05) is 18.2 Å². The van der Waals surface area contributed by atoms with Crippen LogP contribution in [0.4, 0.5) is 0 Å². The van der Waals surface area contributed by atoms with Gasteiger partial charge in [-0.05, 0) is 25.5 Å². The molecule has 4 heterocycles. The molecule has 1 aromatic rings. The van der Waals surface area contributed by atoms with Crippen molar-refractivity contribution in [3.05, 3.63) is 35.9 Å². The Labute approximate surface area is 194 Å². The zero-order chi connectivity index (χ0) is 24.1. The molecule has 0 radical (unpaired) electrons. The highest BCUT2D eigenvalue weighted by Crippen LogP contribution is 2.81. The smallest absolute Gasteiger partial charge is 0.338 e. The first-order valence-corrected chi connectivity index (χ1v) is 11.4. The molecule has 6 bridgehead atoms. The third kappa shape index (κ3) is 2.59. The summed E-state index contributed by atoms with van der Waals surface area (Å²) < 4.78 is 29.7. The Kier molecular flexibility index (Phi) is 4.81. The van der Waals surface area contributed by atoms with Gasteiger partial charge in [0.1, 0.15) is 42.2 Å². The lowest BCUT2D eigenvalue weighted by atomic mass is 9.41. The SMILES string of the molecule is C[C@]12C[C@@]3(O)O[C@H](O1)[C@]1(COC(=O)c4ccccc4)[C@H]3C[C@@]12O[C@@H]1O[C@H](CO)[C@@H](O)[C@H](O)[C@H]1O. The van der Waals surface area contributed by atoms with E-state index < -0.39 is 77.9 Å². The van der Waals surface area contributed by atoms with Crippen LogP contribution in [-0.4, -0.2) is 98.7 Å². The van der Waals surface area contributed by atoms with Crippen LogP contribution in [-0.2, 0) is 23.7 Å². The van der Waals surface area contributed by atoms with E-state index in [4.69, 9.17) is 23.7 Å². The summed E-state index contributed by atoms with van der Waals surface area (Å²) >= 11 is 0. The van der Waals surface area contributed by atoms with Gasteiger partial charge in [-0.25, -0.2) is 4.79 Å².